The van der Waals surface area contributed by atoms with Crippen molar-refractivity contribution in [2.24, 2.45) is 0 Å². The molecule has 1 unspecified atom stereocenters. The first kappa shape index (κ1) is 18.5. The largest absolute Gasteiger partial charge is 0.478 e. The number of aromatic nitrogens is 2. The number of hydrogen-bond acceptors (Lipinski definition) is 5. The molecule has 2 aromatic rings. The lowest BCUT2D eigenvalue weighted by atomic mass is 10.0. The third-order valence-corrected chi connectivity index (χ3v) is 5.74. The van der Waals surface area contributed by atoms with E-state index in [0.717, 1.165) is 12.8 Å². The zero-order valence-corrected chi connectivity index (χ0v) is 15.5. The molecule has 26 heavy (non-hydrogen) atoms. The molecule has 8 heteroatoms. The Bertz CT molecular complexity index is 943. The maximum absolute atomic E-state index is 12.1. The number of aryl methyl sites for hydroxylation is 1. The Hall–Kier alpha value is -2.32. The minimum absolute atomic E-state index is 0.177. The summed E-state index contributed by atoms with van der Waals surface area (Å²) in [7, 11) is -3.36. The molecule has 0 aliphatic carbocycles. The second kappa shape index (κ2) is 7.13. The Morgan fingerprint density at radius 3 is 2.69 bits per heavy atom. The molecular weight excluding hydrogens is 354 g/mol. The fourth-order valence-corrected chi connectivity index (χ4v) is 4.38. The molecule has 3 rings (SSSR count). The van der Waals surface area contributed by atoms with E-state index in [1.165, 1.54) is 16.6 Å². The number of sulfonamides is 1. The van der Waals surface area contributed by atoms with Gasteiger partial charge in [0.1, 0.15) is 5.82 Å². The number of carboxylic acid groups (broad SMARTS) is 1. The summed E-state index contributed by atoms with van der Waals surface area (Å²) in [5.74, 6) is -0.542. The Morgan fingerprint density at radius 1 is 1.23 bits per heavy atom. The molecule has 0 amide bonds. The predicted molar refractivity (Wildman–Crippen MR) is 97.3 cm³/mol. The van der Waals surface area contributed by atoms with Crippen LogP contribution >= 0.6 is 0 Å². The molecule has 7 nitrogen and oxygen atoms in total. The molecule has 1 aliphatic rings. The first-order chi connectivity index (χ1) is 12.3. The molecule has 1 aromatic heterocycles. The molecule has 0 spiro atoms. The summed E-state index contributed by atoms with van der Waals surface area (Å²) < 4.78 is 25.7. The average Bonchev–Trinajstić information content (AvgIpc) is 2.60. The Labute approximate surface area is 152 Å². The minimum Gasteiger partial charge on any atom is -0.478 e. The minimum atomic E-state index is -3.36. The van der Waals surface area contributed by atoms with Gasteiger partial charge in [-0.25, -0.2) is 23.2 Å². The maximum atomic E-state index is 12.1. The molecular formula is C18H21N3O4S. The van der Waals surface area contributed by atoms with E-state index in [1.807, 2.05) is 6.92 Å². The third-order valence-electron chi connectivity index (χ3n) is 4.45. The molecule has 2 heterocycles. The number of aromatic carboxylic acids is 1. The quantitative estimate of drug-likeness (QED) is 0.882. The molecule has 0 bridgehead atoms. The lowest BCUT2D eigenvalue weighted by Crippen LogP contribution is -2.38. The number of hydrogen-bond donors (Lipinski definition) is 1. The standard InChI is InChI=1S/C18H21N3O4S/c1-12-10-15(13-6-5-7-14(11-13)18(22)23)20-17(19-12)16-8-3-4-9-21(16)26(2,24)25/h5-7,10-11,16H,3-4,8-9H2,1-2H3,(H,22,23). The van der Waals surface area contributed by atoms with Gasteiger partial charge in [0.25, 0.3) is 0 Å². The van der Waals surface area contributed by atoms with Crippen molar-refractivity contribution in [1.29, 1.82) is 0 Å². The highest BCUT2D eigenvalue weighted by atomic mass is 32.2. The van der Waals surface area contributed by atoms with Gasteiger partial charge in [-0.1, -0.05) is 18.6 Å². The highest BCUT2D eigenvalue weighted by Gasteiger charge is 2.32. The van der Waals surface area contributed by atoms with Crippen LogP contribution in [0.2, 0.25) is 0 Å². The summed E-state index contributed by atoms with van der Waals surface area (Å²) in [5.41, 5.74) is 2.15. The number of benzene rings is 1. The van der Waals surface area contributed by atoms with Crippen LogP contribution in [0, 0.1) is 6.92 Å². The Kier molecular flexibility index (Phi) is 5.06. The van der Waals surface area contributed by atoms with Crippen molar-refractivity contribution in [1.82, 2.24) is 14.3 Å². The first-order valence-electron chi connectivity index (χ1n) is 8.42. The normalized spacial score (nSPS) is 18.6. The van der Waals surface area contributed by atoms with Crippen LogP contribution in [0.4, 0.5) is 0 Å². The Morgan fingerprint density at radius 2 is 2.00 bits per heavy atom. The van der Waals surface area contributed by atoms with E-state index >= 15 is 0 Å². The first-order valence-corrected chi connectivity index (χ1v) is 10.3. The van der Waals surface area contributed by atoms with Gasteiger partial charge in [-0.3, -0.25) is 0 Å². The number of carbonyl (C=O) groups is 1. The van der Waals surface area contributed by atoms with Gasteiger partial charge in [-0.2, -0.15) is 4.31 Å². The van der Waals surface area contributed by atoms with Crippen molar-refractivity contribution in [3.8, 4) is 11.3 Å². The van der Waals surface area contributed by atoms with Crippen molar-refractivity contribution < 1.29 is 18.3 Å². The average molecular weight is 375 g/mol. The molecule has 1 fully saturated rings. The zero-order valence-electron chi connectivity index (χ0n) is 14.7. The lowest BCUT2D eigenvalue weighted by Gasteiger charge is -2.32. The summed E-state index contributed by atoms with van der Waals surface area (Å²) >= 11 is 0. The molecule has 0 saturated carbocycles. The second-order valence-corrected chi connectivity index (χ2v) is 8.46. The zero-order chi connectivity index (χ0) is 18.9. The van der Waals surface area contributed by atoms with Crippen LogP contribution in [-0.4, -0.2) is 46.6 Å². The lowest BCUT2D eigenvalue weighted by molar-refractivity contribution is 0.0697. The van der Waals surface area contributed by atoms with Gasteiger partial charge in [0.05, 0.1) is 23.6 Å². The summed E-state index contributed by atoms with van der Waals surface area (Å²) in [6.07, 6.45) is 3.62. The Balaban J connectivity index is 2.05. The fourth-order valence-electron chi connectivity index (χ4n) is 3.26. The highest BCUT2D eigenvalue weighted by Crippen LogP contribution is 2.32. The van der Waals surface area contributed by atoms with Gasteiger partial charge in [-0.15, -0.1) is 0 Å². The van der Waals surface area contributed by atoms with Crippen LogP contribution in [-0.2, 0) is 10.0 Å². The van der Waals surface area contributed by atoms with Crippen molar-refractivity contribution in [3.05, 3.63) is 47.4 Å². The van der Waals surface area contributed by atoms with Crippen molar-refractivity contribution in [2.45, 2.75) is 32.2 Å². The SMILES string of the molecule is Cc1cc(-c2cccc(C(=O)O)c2)nc(C2CCCCN2S(C)(=O)=O)n1. The van der Waals surface area contributed by atoms with Crippen molar-refractivity contribution in [3.63, 3.8) is 0 Å². The van der Waals surface area contributed by atoms with E-state index < -0.39 is 16.0 Å². The van der Waals surface area contributed by atoms with E-state index in [1.54, 1.807) is 24.3 Å². The van der Waals surface area contributed by atoms with Crippen molar-refractivity contribution >= 4 is 16.0 Å². The van der Waals surface area contributed by atoms with Crippen LogP contribution in [0.25, 0.3) is 11.3 Å². The summed E-state index contributed by atoms with van der Waals surface area (Å²) in [6.45, 7) is 2.29. The van der Waals surface area contributed by atoms with Gasteiger partial charge in [0.2, 0.25) is 10.0 Å². The number of carboxylic acids is 1. The summed E-state index contributed by atoms with van der Waals surface area (Å²) in [6, 6.07) is 7.92. The van der Waals surface area contributed by atoms with Crippen LogP contribution in [0.3, 0.4) is 0 Å². The molecule has 1 aliphatic heterocycles. The highest BCUT2D eigenvalue weighted by molar-refractivity contribution is 7.88. The molecule has 1 N–H and O–H groups in total. The van der Waals surface area contributed by atoms with E-state index in [2.05, 4.69) is 9.97 Å². The van der Waals surface area contributed by atoms with E-state index in [4.69, 9.17) is 0 Å². The molecule has 138 valence electrons. The monoisotopic (exact) mass is 375 g/mol. The van der Waals surface area contributed by atoms with E-state index in [0.29, 0.717) is 35.7 Å². The van der Waals surface area contributed by atoms with Gasteiger partial charge in [0, 0.05) is 17.8 Å². The third kappa shape index (κ3) is 3.91. The second-order valence-electron chi connectivity index (χ2n) is 6.52. The van der Waals surface area contributed by atoms with Gasteiger partial charge < -0.3 is 5.11 Å². The molecule has 0 radical (unpaired) electrons. The van der Waals surface area contributed by atoms with Crippen molar-refractivity contribution in [2.75, 3.05) is 12.8 Å². The van der Waals surface area contributed by atoms with Gasteiger partial charge >= 0.3 is 5.97 Å². The predicted octanol–water partition coefficient (Wildman–Crippen LogP) is 2.64. The van der Waals surface area contributed by atoms with Crippen LogP contribution < -0.4 is 0 Å². The van der Waals surface area contributed by atoms with Crippen LogP contribution in [0.15, 0.2) is 30.3 Å². The smallest absolute Gasteiger partial charge is 0.335 e. The van der Waals surface area contributed by atoms with Gasteiger partial charge in [0.15, 0.2) is 0 Å². The number of nitrogens with zero attached hydrogens (tertiary/aromatic N) is 3. The number of rotatable bonds is 4. The molecule has 1 saturated heterocycles. The van der Waals surface area contributed by atoms with Gasteiger partial charge in [-0.05, 0) is 38.0 Å². The number of piperidine rings is 1. The topological polar surface area (TPSA) is 100 Å². The molecule has 1 atom stereocenters. The van der Waals surface area contributed by atoms with Crippen LogP contribution in [0.1, 0.15) is 47.2 Å². The van der Waals surface area contributed by atoms with Crippen LogP contribution in [0.5, 0.6) is 0 Å². The summed E-state index contributed by atoms with van der Waals surface area (Å²) in [5, 5.41) is 9.19. The maximum Gasteiger partial charge on any atom is 0.335 e. The molecule has 1 aromatic carbocycles. The summed E-state index contributed by atoms with van der Waals surface area (Å²) in [4.78, 5) is 20.3. The fraction of sp³-hybridized carbons (Fsp3) is 0.389. The van der Waals surface area contributed by atoms with E-state index in [9.17, 15) is 18.3 Å². The van der Waals surface area contributed by atoms with E-state index in [-0.39, 0.29) is 11.6 Å².